The second-order valence-corrected chi connectivity index (χ2v) is 6.05. The number of nitrogens with one attached hydrogen (secondary N) is 2. The van der Waals surface area contributed by atoms with E-state index in [1.54, 1.807) is 0 Å². The molecule has 0 aliphatic heterocycles. The van der Waals surface area contributed by atoms with Gasteiger partial charge in [-0.05, 0) is 37.2 Å². The van der Waals surface area contributed by atoms with Crippen LogP contribution in [0.5, 0.6) is 0 Å². The molecule has 0 heterocycles. The molecule has 1 aliphatic rings. The predicted octanol–water partition coefficient (Wildman–Crippen LogP) is 2.87. The van der Waals surface area contributed by atoms with Crippen molar-refractivity contribution >= 4 is 17.7 Å². The quantitative estimate of drug-likeness (QED) is 0.405. The van der Waals surface area contributed by atoms with Gasteiger partial charge in [0.15, 0.2) is 5.96 Å². The lowest BCUT2D eigenvalue weighted by Gasteiger charge is -2.13. The summed E-state index contributed by atoms with van der Waals surface area (Å²) in [5.74, 6) is 3.18. The van der Waals surface area contributed by atoms with Crippen LogP contribution >= 0.6 is 11.8 Å². The zero-order valence-electron chi connectivity index (χ0n) is 12.0. The van der Waals surface area contributed by atoms with Gasteiger partial charge in [0.2, 0.25) is 0 Å². The summed E-state index contributed by atoms with van der Waals surface area (Å²) >= 11 is 1.90. The summed E-state index contributed by atoms with van der Waals surface area (Å²) in [7, 11) is 1.85. The maximum absolute atomic E-state index is 4.24. The zero-order chi connectivity index (χ0) is 13.1. The highest BCUT2D eigenvalue weighted by molar-refractivity contribution is 7.98. The molecule has 0 saturated heterocycles. The van der Waals surface area contributed by atoms with Crippen LogP contribution in [0.15, 0.2) is 4.99 Å². The standard InChI is InChI=1S/C14H29N3S/c1-15-14(17-11-6-12-18-2)16-10-5-9-13-7-3-4-8-13/h13H,3-12H2,1-2H3,(H2,15,16,17). The topological polar surface area (TPSA) is 36.4 Å². The number of hydrogen-bond donors (Lipinski definition) is 2. The van der Waals surface area contributed by atoms with Crippen molar-refractivity contribution < 1.29 is 0 Å². The maximum Gasteiger partial charge on any atom is 0.190 e. The van der Waals surface area contributed by atoms with E-state index in [-0.39, 0.29) is 0 Å². The summed E-state index contributed by atoms with van der Waals surface area (Å²) < 4.78 is 0. The monoisotopic (exact) mass is 271 g/mol. The minimum absolute atomic E-state index is 0.961. The van der Waals surface area contributed by atoms with E-state index in [2.05, 4.69) is 21.9 Å². The van der Waals surface area contributed by atoms with Gasteiger partial charge in [-0.2, -0.15) is 11.8 Å². The van der Waals surface area contributed by atoms with E-state index in [0.717, 1.165) is 25.0 Å². The van der Waals surface area contributed by atoms with Gasteiger partial charge < -0.3 is 10.6 Å². The number of hydrogen-bond acceptors (Lipinski definition) is 2. The molecule has 1 aliphatic carbocycles. The van der Waals surface area contributed by atoms with Crippen molar-refractivity contribution in [3.05, 3.63) is 0 Å². The first-order chi connectivity index (χ1) is 8.86. The van der Waals surface area contributed by atoms with Crippen molar-refractivity contribution in [1.82, 2.24) is 10.6 Å². The molecule has 18 heavy (non-hydrogen) atoms. The summed E-state index contributed by atoms with van der Waals surface area (Å²) in [6.45, 7) is 2.07. The van der Waals surface area contributed by atoms with Crippen molar-refractivity contribution in [2.45, 2.75) is 44.9 Å². The fourth-order valence-electron chi connectivity index (χ4n) is 2.54. The molecule has 2 N–H and O–H groups in total. The minimum atomic E-state index is 0.961. The number of rotatable bonds is 8. The van der Waals surface area contributed by atoms with Crippen molar-refractivity contribution in [3.8, 4) is 0 Å². The predicted molar refractivity (Wildman–Crippen MR) is 83.6 cm³/mol. The van der Waals surface area contributed by atoms with Crippen LogP contribution in [-0.2, 0) is 0 Å². The average Bonchev–Trinajstić information content (AvgIpc) is 2.90. The molecule has 0 radical (unpaired) electrons. The Morgan fingerprint density at radius 1 is 1.17 bits per heavy atom. The van der Waals surface area contributed by atoms with Crippen molar-refractivity contribution in [3.63, 3.8) is 0 Å². The third kappa shape index (κ3) is 7.14. The molecule has 106 valence electrons. The fourth-order valence-corrected chi connectivity index (χ4v) is 2.97. The van der Waals surface area contributed by atoms with Gasteiger partial charge in [0, 0.05) is 20.1 Å². The van der Waals surface area contributed by atoms with Crippen molar-refractivity contribution in [2.24, 2.45) is 10.9 Å². The molecular formula is C14H29N3S. The first kappa shape index (κ1) is 15.7. The first-order valence-corrected chi connectivity index (χ1v) is 8.69. The van der Waals surface area contributed by atoms with Crippen LogP contribution in [0.3, 0.4) is 0 Å². The summed E-state index contributed by atoms with van der Waals surface area (Å²) in [5, 5.41) is 6.76. The van der Waals surface area contributed by atoms with Gasteiger partial charge in [-0.1, -0.05) is 25.7 Å². The Labute approximate surface area is 117 Å². The van der Waals surface area contributed by atoms with Crippen LogP contribution in [0.4, 0.5) is 0 Å². The molecule has 0 atom stereocenters. The average molecular weight is 271 g/mol. The summed E-state index contributed by atoms with van der Waals surface area (Å²) in [5.41, 5.74) is 0. The van der Waals surface area contributed by atoms with Gasteiger partial charge in [0.1, 0.15) is 0 Å². The van der Waals surface area contributed by atoms with Gasteiger partial charge in [-0.3, -0.25) is 4.99 Å². The number of guanidine groups is 1. The van der Waals surface area contributed by atoms with E-state index < -0.39 is 0 Å². The molecule has 4 heteroatoms. The Morgan fingerprint density at radius 2 is 1.83 bits per heavy atom. The van der Waals surface area contributed by atoms with Crippen LogP contribution in [0, 0.1) is 5.92 Å². The van der Waals surface area contributed by atoms with Gasteiger partial charge in [0.25, 0.3) is 0 Å². The largest absolute Gasteiger partial charge is 0.356 e. The smallest absolute Gasteiger partial charge is 0.190 e. The van der Waals surface area contributed by atoms with Crippen LogP contribution < -0.4 is 10.6 Å². The molecular weight excluding hydrogens is 242 g/mol. The zero-order valence-corrected chi connectivity index (χ0v) is 12.8. The SMILES string of the molecule is CN=C(NCCCSC)NCCCC1CCCC1. The second-order valence-electron chi connectivity index (χ2n) is 5.06. The van der Waals surface area contributed by atoms with E-state index in [4.69, 9.17) is 0 Å². The molecule has 0 amide bonds. The molecule has 1 saturated carbocycles. The van der Waals surface area contributed by atoms with Crippen LogP contribution in [0.2, 0.25) is 0 Å². The molecule has 1 fully saturated rings. The van der Waals surface area contributed by atoms with Gasteiger partial charge >= 0.3 is 0 Å². The second kappa shape index (κ2) is 10.5. The Morgan fingerprint density at radius 3 is 2.44 bits per heavy atom. The number of aliphatic imine (C=N–C) groups is 1. The Bertz CT molecular complexity index is 225. The summed E-state index contributed by atoms with van der Waals surface area (Å²) in [6.07, 6.45) is 11.8. The Kier molecular flexibility index (Phi) is 9.17. The maximum atomic E-state index is 4.24. The third-order valence-electron chi connectivity index (χ3n) is 3.60. The molecule has 1 rings (SSSR count). The summed E-state index contributed by atoms with van der Waals surface area (Å²) in [4.78, 5) is 4.24. The van der Waals surface area contributed by atoms with E-state index in [1.165, 1.54) is 50.7 Å². The van der Waals surface area contributed by atoms with Crippen molar-refractivity contribution in [1.29, 1.82) is 0 Å². The molecule has 0 spiro atoms. The van der Waals surface area contributed by atoms with Gasteiger partial charge in [-0.15, -0.1) is 0 Å². The lowest BCUT2D eigenvalue weighted by atomic mass is 10.0. The lowest BCUT2D eigenvalue weighted by molar-refractivity contribution is 0.481. The van der Waals surface area contributed by atoms with Gasteiger partial charge in [-0.25, -0.2) is 0 Å². The van der Waals surface area contributed by atoms with Crippen LogP contribution in [0.1, 0.15) is 44.9 Å². The summed E-state index contributed by atoms with van der Waals surface area (Å²) in [6, 6.07) is 0. The molecule has 0 unspecified atom stereocenters. The highest BCUT2D eigenvalue weighted by atomic mass is 32.2. The van der Waals surface area contributed by atoms with Crippen LogP contribution in [0.25, 0.3) is 0 Å². The van der Waals surface area contributed by atoms with Gasteiger partial charge in [0.05, 0.1) is 0 Å². The molecule has 0 bridgehead atoms. The molecule has 0 aromatic heterocycles. The minimum Gasteiger partial charge on any atom is -0.356 e. The lowest BCUT2D eigenvalue weighted by Crippen LogP contribution is -2.38. The molecule has 3 nitrogen and oxygen atoms in total. The molecule has 0 aromatic carbocycles. The van der Waals surface area contributed by atoms with Crippen LogP contribution in [-0.4, -0.2) is 38.1 Å². The Hall–Kier alpha value is -0.380. The normalized spacial score (nSPS) is 17.1. The number of thioether (sulfide) groups is 1. The van der Waals surface area contributed by atoms with E-state index >= 15 is 0 Å². The van der Waals surface area contributed by atoms with Crippen molar-refractivity contribution in [2.75, 3.05) is 32.1 Å². The fraction of sp³-hybridized carbons (Fsp3) is 0.929. The molecule has 0 aromatic rings. The third-order valence-corrected chi connectivity index (χ3v) is 4.29. The van der Waals surface area contributed by atoms with E-state index in [1.807, 2.05) is 18.8 Å². The van der Waals surface area contributed by atoms with E-state index in [9.17, 15) is 0 Å². The Balaban J connectivity index is 1.97. The number of nitrogens with zero attached hydrogens (tertiary/aromatic N) is 1. The highest BCUT2D eigenvalue weighted by Crippen LogP contribution is 2.28. The first-order valence-electron chi connectivity index (χ1n) is 7.30. The highest BCUT2D eigenvalue weighted by Gasteiger charge is 2.13. The van der Waals surface area contributed by atoms with E-state index in [0.29, 0.717) is 0 Å².